The number of anilines is 2. The molecule has 1 atom stereocenters. The lowest BCUT2D eigenvalue weighted by atomic mass is 10.1. The second kappa shape index (κ2) is 7.65. The molecule has 2 aromatic rings. The molecule has 1 aromatic carbocycles. The maximum absolute atomic E-state index is 14.2. The smallest absolute Gasteiger partial charge is 0.277 e. The molecule has 2 heterocycles. The van der Waals surface area contributed by atoms with Crippen LogP contribution in [0.2, 0.25) is 0 Å². The molecule has 0 radical (unpaired) electrons. The third-order valence-electron chi connectivity index (χ3n) is 4.11. The summed E-state index contributed by atoms with van der Waals surface area (Å²) in [5.74, 6) is -0.311. The van der Waals surface area contributed by atoms with E-state index in [1.165, 1.54) is 12.5 Å². The van der Waals surface area contributed by atoms with Gasteiger partial charge in [-0.25, -0.2) is 9.37 Å². The number of amides is 1. The molecule has 1 unspecified atom stereocenters. The van der Waals surface area contributed by atoms with Crippen molar-refractivity contribution in [1.29, 1.82) is 0 Å². The summed E-state index contributed by atoms with van der Waals surface area (Å²) in [7, 11) is 0. The van der Waals surface area contributed by atoms with Gasteiger partial charge in [0.2, 0.25) is 0 Å². The van der Waals surface area contributed by atoms with E-state index in [1.54, 1.807) is 12.1 Å². The van der Waals surface area contributed by atoms with Gasteiger partial charge in [-0.2, -0.15) is 0 Å². The molecule has 3 rings (SSSR count). The van der Waals surface area contributed by atoms with Crippen LogP contribution in [0.15, 0.2) is 29.0 Å². The van der Waals surface area contributed by atoms with Crippen LogP contribution in [0.3, 0.4) is 0 Å². The Labute approximate surface area is 145 Å². The van der Waals surface area contributed by atoms with Crippen LogP contribution in [0.5, 0.6) is 0 Å². The number of rotatable bonds is 6. The Bertz CT molecular complexity index is 739. The SMILES string of the molecule is CC(C)c1ocnc1C(=O)Nc1ccc(NCC2CCCO2)c(F)c1. The molecule has 1 saturated heterocycles. The minimum atomic E-state index is -0.431. The Hall–Kier alpha value is -2.41. The summed E-state index contributed by atoms with van der Waals surface area (Å²) in [6.07, 6.45) is 3.39. The van der Waals surface area contributed by atoms with E-state index in [2.05, 4.69) is 15.6 Å². The number of benzene rings is 1. The molecule has 25 heavy (non-hydrogen) atoms. The van der Waals surface area contributed by atoms with E-state index in [1.807, 2.05) is 13.8 Å². The summed E-state index contributed by atoms with van der Waals surface area (Å²) >= 11 is 0. The van der Waals surface area contributed by atoms with Crippen molar-refractivity contribution < 1.29 is 18.3 Å². The number of oxazole rings is 1. The number of nitrogens with zero attached hydrogens (tertiary/aromatic N) is 1. The summed E-state index contributed by atoms with van der Waals surface area (Å²) in [5, 5.41) is 5.70. The minimum absolute atomic E-state index is 0.0318. The van der Waals surface area contributed by atoms with Gasteiger partial charge in [0.05, 0.1) is 11.8 Å². The van der Waals surface area contributed by atoms with E-state index in [4.69, 9.17) is 9.15 Å². The predicted molar refractivity (Wildman–Crippen MR) is 92.4 cm³/mol. The molecule has 0 spiro atoms. The van der Waals surface area contributed by atoms with Crippen molar-refractivity contribution in [3.8, 4) is 0 Å². The van der Waals surface area contributed by atoms with Gasteiger partial charge in [0.1, 0.15) is 11.6 Å². The molecule has 2 N–H and O–H groups in total. The zero-order valence-corrected chi connectivity index (χ0v) is 14.3. The van der Waals surface area contributed by atoms with Gasteiger partial charge in [0, 0.05) is 24.8 Å². The van der Waals surface area contributed by atoms with E-state index in [0.29, 0.717) is 23.7 Å². The van der Waals surface area contributed by atoms with Crippen LogP contribution in [-0.2, 0) is 4.74 Å². The molecule has 1 fully saturated rings. The number of ether oxygens (including phenoxy) is 1. The first-order chi connectivity index (χ1) is 12.0. The molecule has 134 valence electrons. The molecule has 0 saturated carbocycles. The lowest BCUT2D eigenvalue weighted by Gasteiger charge is -2.13. The number of nitrogens with one attached hydrogen (secondary N) is 2. The third kappa shape index (κ3) is 4.17. The highest BCUT2D eigenvalue weighted by atomic mass is 19.1. The Morgan fingerprint density at radius 1 is 1.44 bits per heavy atom. The van der Waals surface area contributed by atoms with Crippen molar-refractivity contribution in [3.63, 3.8) is 0 Å². The Balaban J connectivity index is 1.63. The molecule has 0 aliphatic carbocycles. The van der Waals surface area contributed by atoms with E-state index < -0.39 is 11.7 Å². The highest BCUT2D eigenvalue weighted by Gasteiger charge is 2.20. The molecule has 1 aliphatic rings. The maximum Gasteiger partial charge on any atom is 0.277 e. The number of hydrogen-bond acceptors (Lipinski definition) is 5. The number of aromatic nitrogens is 1. The average molecular weight is 347 g/mol. The van der Waals surface area contributed by atoms with E-state index in [9.17, 15) is 9.18 Å². The van der Waals surface area contributed by atoms with Gasteiger partial charge in [-0.1, -0.05) is 13.8 Å². The van der Waals surface area contributed by atoms with E-state index in [0.717, 1.165) is 19.4 Å². The summed E-state index contributed by atoms with van der Waals surface area (Å²) in [6, 6.07) is 4.53. The van der Waals surface area contributed by atoms with Crippen molar-refractivity contribution in [3.05, 3.63) is 41.9 Å². The van der Waals surface area contributed by atoms with Gasteiger partial charge in [-0.05, 0) is 31.0 Å². The van der Waals surface area contributed by atoms with Crippen molar-refractivity contribution in [2.45, 2.75) is 38.7 Å². The first-order valence-corrected chi connectivity index (χ1v) is 8.44. The molecule has 1 aliphatic heterocycles. The Morgan fingerprint density at radius 3 is 2.96 bits per heavy atom. The topological polar surface area (TPSA) is 76.4 Å². The fraction of sp³-hybridized carbons (Fsp3) is 0.444. The molecule has 6 nitrogen and oxygen atoms in total. The summed E-state index contributed by atoms with van der Waals surface area (Å²) in [5.41, 5.74) is 0.969. The van der Waals surface area contributed by atoms with Crippen LogP contribution in [-0.4, -0.2) is 30.1 Å². The zero-order valence-electron chi connectivity index (χ0n) is 14.3. The third-order valence-corrected chi connectivity index (χ3v) is 4.11. The van der Waals surface area contributed by atoms with Crippen molar-refractivity contribution in [1.82, 2.24) is 4.98 Å². The van der Waals surface area contributed by atoms with Crippen molar-refractivity contribution in [2.24, 2.45) is 0 Å². The van der Waals surface area contributed by atoms with Crippen LogP contribution < -0.4 is 10.6 Å². The molecule has 0 bridgehead atoms. The van der Waals surface area contributed by atoms with Crippen molar-refractivity contribution in [2.75, 3.05) is 23.8 Å². The van der Waals surface area contributed by atoms with E-state index >= 15 is 0 Å². The number of hydrogen-bond donors (Lipinski definition) is 2. The highest BCUT2D eigenvalue weighted by molar-refractivity contribution is 6.03. The molecular weight excluding hydrogens is 325 g/mol. The zero-order chi connectivity index (χ0) is 17.8. The van der Waals surface area contributed by atoms with Crippen LogP contribution in [0.25, 0.3) is 0 Å². The summed E-state index contributed by atoms with van der Waals surface area (Å²) in [4.78, 5) is 16.3. The molecule has 1 aromatic heterocycles. The lowest BCUT2D eigenvalue weighted by molar-refractivity contribution is 0.102. The minimum Gasteiger partial charge on any atom is -0.447 e. The number of carbonyl (C=O) groups is 1. The normalized spacial score (nSPS) is 17.0. The Kier molecular flexibility index (Phi) is 5.33. The standard InChI is InChI=1S/C18H22FN3O3/c1-11(2)17-16(21-10-25-17)18(23)22-12-5-6-15(14(19)8-12)20-9-13-4-3-7-24-13/h5-6,8,10-11,13,20H,3-4,7,9H2,1-2H3,(H,22,23). The average Bonchev–Trinajstić information content (AvgIpc) is 3.25. The second-order valence-electron chi connectivity index (χ2n) is 6.38. The molecule has 7 heteroatoms. The second-order valence-corrected chi connectivity index (χ2v) is 6.38. The van der Waals surface area contributed by atoms with Gasteiger partial charge in [0.25, 0.3) is 5.91 Å². The van der Waals surface area contributed by atoms with Gasteiger partial charge in [-0.15, -0.1) is 0 Å². The first-order valence-electron chi connectivity index (χ1n) is 8.44. The van der Waals surface area contributed by atoms with E-state index in [-0.39, 0.29) is 17.7 Å². The molecule has 1 amide bonds. The summed E-state index contributed by atoms with van der Waals surface area (Å²) < 4.78 is 25.0. The monoisotopic (exact) mass is 347 g/mol. The van der Waals surface area contributed by atoms with Crippen LogP contribution in [0.1, 0.15) is 48.9 Å². The van der Waals surface area contributed by atoms with Crippen LogP contribution >= 0.6 is 0 Å². The highest BCUT2D eigenvalue weighted by Crippen LogP contribution is 2.23. The number of carbonyl (C=O) groups excluding carboxylic acids is 1. The summed E-state index contributed by atoms with van der Waals surface area (Å²) in [6.45, 7) is 5.15. The van der Waals surface area contributed by atoms with Gasteiger partial charge < -0.3 is 19.8 Å². The van der Waals surface area contributed by atoms with Gasteiger partial charge in [-0.3, -0.25) is 4.79 Å². The largest absolute Gasteiger partial charge is 0.447 e. The fourth-order valence-corrected chi connectivity index (χ4v) is 2.79. The van der Waals surface area contributed by atoms with Crippen LogP contribution in [0.4, 0.5) is 15.8 Å². The van der Waals surface area contributed by atoms with Crippen molar-refractivity contribution >= 4 is 17.3 Å². The molecular formula is C18H22FN3O3. The fourth-order valence-electron chi connectivity index (χ4n) is 2.79. The number of halogens is 1. The first kappa shape index (κ1) is 17.4. The van der Waals surface area contributed by atoms with Gasteiger partial charge >= 0.3 is 0 Å². The van der Waals surface area contributed by atoms with Gasteiger partial charge in [0.15, 0.2) is 12.1 Å². The van der Waals surface area contributed by atoms with Crippen LogP contribution in [0, 0.1) is 5.82 Å². The lowest BCUT2D eigenvalue weighted by Crippen LogP contribution is -2.19. The predicted octanol–water partition coefficient (Wildman–Crippen LogP) is 3.78. The maximum atomic E-state index is 14.2. The Morgan fingerprint density at radius 2 is 2.28 bits per heavy atom. The quantitative estimate of drug-likeness (QED) is 0.832.